The average Bonchev–Trinajstić information content (AvgIpc) is 3.61. The van der Waals surface area contributed by atoms with Crippen molar-refractivity contribution in [1.82, 2.24) is 15.5 Å². The molecule has 0 spiro atoms. The predicted octanol–water partition coefficient (Wildman–Crippen LogP) is 2.10. The van der Waals surface area contributed by atoms with Crippen molar-refractivity contribution < 1.29 is 19.6 Å². The molecule has 1 aromatic carbocycles. The molecule has 0 radical (unpaired) electrons. The summed E-state index contributed by atoms with van der Waals surface area (Å²) in [5.41, 5.74) is 5.24. The molecule has 5 N–H and O–H groups in total. The van der Waals surface area contributed by atoms with Crippen LogP contribution >= 0.6 is 11.3 Å². The number of amidine groups is 1. The maximum absolute atomic E-state index is 13.8. The number of carbonyl (C=O) groups excluding carboxylic acids is 3. The Morgan fingerprint density at radius 3 is 2.62 bits per heavy atom. The molecule has 0 bridgehead atoms. The van der Waals surface area contributed by atoms with E-state index in [1.807, 2.05) is 30.3 Å². The molecule has 9 nitrogen and oxygen atoms in total. The second-order valence-electron chi connectivity index (χ2n) is 9.01. The maximum atomic E-state index is 13.8. The van der Waals surface area contributed by atoms with E-state index in [9.17, 15) is 14.4 Å². The maximum Gasteiger partial charge on any atom is 0.297 e. The third-order valence-corrected chi connectivity index (χ3v) is 7.62. The highest BCUT2D eigenvalue weighted by Crippen LogP contribution is 2.32. The minimum absolute atomic E-state index is 0.00589. The summed E-state index contributed by atoms with van der Waals surface area (Å²) in [7, 11) is 0. The van der Waals surface area contributed by atoms with Gasteiger partial charge in [-0.15, -0.1) is 11.3 Å². The topological polar surface area (TPSA) is 137 Å². The molecule has 3 amide bonds. The SMILES string of the molecule is N/C(=N\O)c1ccc(CNC(=O)C2C=CCN2C(=O)C2(NC(=O)C#Cc3ccccc3)CCCCC2)s1. The average molecular weight is 520 g/mol. The summed E-state index contributed by atoms with van der Waals surface area (Å²) in [6, 6.07) is 11.9. The molecule has 1 aliphatic carbocycles. The van der Waals surface area contributed by atoms with Crippen molar-refractivity contribution in [3.8, 4) is 11.8 Å². The Kier molecular flexibility index (Phi) is 8.25. The molecule has 37 heavy (non-hydrogen) atoms. The first-order valence-corrected chi connectivity index (χ1v) is 12.9. The van der Waals surface area contributed by atoms with Gasteiger partial charge in [-0.25, -0.2) is 0 Å². The number of nitrogens with one attached hydrogen (secondary N) is 2. The van der Waals surface area contributed by atoms with Crippen molar-refractivity contribution in [2.24, 2.45) is 10.9 Å². The van der Waals surface area contributed by atoms with Crippen molar-refractivity contribution in [2.45, 2.75) is 50.2 Å². The number of nitrogens with zero attached hydrogens (tertiary/aromatic N) is 2. The minimum atomic E-state index is -1.09. The highest BCUT2D eigenvalue weighted by Gasteiger charge is 2.46. The van der Waals surface area contributed by atoms with Gasteiger partial charge in [-0.1, -0.05) is 60.7 Å². The number of nitrogens with two attached hydrogens (primary N) is 1. The summed E-state index contributed by atoms with van der Waals surface area (Å²) in [6.45, 7) is 0.530. The van der Waals surface area contributed by atoms with E-state index >= 15 is 0 Å². The summed E-state index contributed by atoms with van der Waals surface area (Å²) < 4.78 is 0. The quantitative estimate of drug-likeness (QED) is 0.116. The molecule has 1 aromatic heterocycles. The Balaban J connectivity index is 1.44. The van der Waals surface area contributed by atoms with Crippen LogP contribution in [0, 0.1) is 11.8 Å². The van der Waals surface area contributed by atoms with E-state index in [0.29, 0.717) is 23.3 Å². The second-order valence-corrected chi connectivity index (χ2v) is 10.2. The summed E-state index contributed by atoms with van der Waals surface area (Å²) in [4.78, 5) is 42.6. The van der Waals surface area contributed by atoms with E-state index < -0.39 is 17.5 Å². The number of hydrogen-bond acceptors (Lipinski definition) is 6. The summed E-state index contributed by atoms with van der Waals surface area (Å²) in [5.74, 6) is 4.36. The molecule has 1 unspecified atom stereocenters. The molecule has 4 rings (SSSR count). The first-order chi connectivity index (χ1) is 17.9. The summed E-state index contributed by atoms with van der Waals surface area (Å²) in [5, 5.41) is 17.6. The second kappa shape index (κ2) is 11.8. The molecule has 10 heteroatoms. The lowest BCUT2D eigenvalue weighted by Crippen LogP contribution is -2.62. The van der Waals surface area contributed by atoms with Crippen LogP contribution in [0.15, 0.2) is 59.8 Å². The molecule has 1 aliphatic heterocycles. The van der Waals surface area contributed by atoms with Gasteiger partial charge in [-0.3, -0.25) is 14.4 Å². The van der Waals surface area contributed by atoms with Crippen LogP contribution in [0.1, 0.15) is 47.4 Å². The van der Waals surface area contributed by atoms with E-state index in [2.05, 4.69) is 27.6 Å². The zero-order valence-electron chi connectivity index (χ0n) is 20.3. The molecule has 0 saturated heterocycles. The van der Waals surface area contributed by atoms with Crippen LogP contribution in [0.3, 0.4) is 0 Å². The third-order valence-electron chi connectivity index (χ3n) is 6.51. The number of benzene rings is 1. The number of rotatable bonds is 6. The van der Waals surface area contributed by atoms with E-state index in [0.717, 1.165) is 24.1 Å². The van der Waals surface area contributed by atoms with Gasteiger partial charge in [0.2, 0.25) is 11.8 Å². The fourth-order valence-electron chi connectivity index (χ4n) is 4.62. The van der Waals surface area contributed by atoms with Crippen molar-refractivity contribution in [3.63, 3.8) is 0 Å². The Bertz CT molecular complexity index is 1270. The van der Waals surface area contributed by atoms with Crippen molar-refractivity contribution in [1.29, 1.82) is 0 Å². The lowest BCUT2D eigenvalue weighted by Gasteiger charge is -2.40. The van der Waals surface area contributed by atoms with Gasteiger partial charge >= 0.3 is 0 Å². The van der Waals surface area contributed by atoms with Crippen molar-refractivity contribution >= 4 is 34.9 Å². The molecule has 2 heterocycles. The van der Waals surface area contributed by atoms with Crippen LogP contribution in [-0.4, -0.2) is 51.8 Å². The van der Waals surface area contributed by atoms with Crippen molar-refractivity contribution in [3.05, 3.63) is 69.9 Å². The van der Waals surface area contributed by atoms with Gasteiger partial charge in [0.25, 0.3) is 5.91 Å². The number of thiophene rings is 1. The molecule has 192 valence electrons. The Labute approximate surface area is 219 Å². The van der Waals surface area contributed by atoms with Gasteiger partial charge in [0.05, 0.1) is 11.4 Å². The number of carbonyl (C=O) groups is 3. The standard InChI is InChI=1S/C27H29N5O4S/c28-24(31-36)22-13-12-20(37-22)18-29-25(34)21-10-7-17-32(21)26(35)27(15-5-2-6-16-27)30-23(33)14-11-19-8-3-1-4-9-19/h1,3-4,7-10,12-13,21,36H,2,5-6,15-18H2,(H2,28,31)(H,29,34)(H,30,33). The lowest BCUT2D eigenvalue weighted by molar-refractivity contribution is -0.146. The Hall–Kier alpha value is -4.10. The molecule has 1 atom stereocenters. The smallest absolute Gasteiger partial charge is 0.297 e. The van der Waals surface area contributed by atoms with Crippen LogP contribution in [0.4, 0.5) is 0 Å². The van der Waals surface area contributed by atoms with Gasteiger partial charge in [-0.2, -0.15) is 0 Å². The molecule has 1 fully saturated rings. The molecular weight excluding hydrogens is 490 g/mol. The Morgan fingerprint density at radius 1 is 1.14 bits per heavy atom. The number of hydrogen-bond donors (Lipinski definition) is 4. The number of amides is 3. The fourth-order valence-corrected chi connectivity index (χ4v) is 5.46. The predicted molar refractivity (Wildman–Crippen MR) is 141 cm³/mol. The molecular formula is C27H29N5O4S. The largest absolute Gasteiger partial charge is 0.409 e. The van der Waals surface area contributed by atoms with Crippen LogP contribution in [0.25, 0.3) is 0 Å². The Morgan fingerprint density at radius 2 is 1.89 bits per heavy atom. The van der Waals surface area contributed by atoms with Gasteiger partial charge in [0.15, 0.2) is 5.84 Å². The van der Waals surface area contributed by atoms with E-state index in [-0.39, 0.29) is 30.7 Å². The van der Waals surface area contributed by atoms with Crippen molar-refractivity contribution in [2.75, 3.05) is 6.54 Å². The van der Waals surface area contributed by atoms with E-state index in [4.69, 9.17) is 10.9 Å². The fraction of sp³-hybridized carbons (Fsp3) is 0.333. The zero-order valence-corrected chi connectivity index (χ0v) is 21.1. The van der Waals surface area contributed by atoms with Crippen LogP contribution < -0.4 is 16.4 Å². The lowest BCUT2D eigenvalue weighted by atomic mass is 9.80. The van der Waals surface area contributed by atoms with Gasteiger partial charge in [-0.05, 0) is 37.1 Å². The summed E-state index contributed by atoms with van der Waals surface area (Å²) in [6.07, 6.45) is 7.09. The van der Waals surface area contributed by atoms with E-state index in [1.54, 1.807) is 24.3 Å². The first-order valence-electron chi connectivity index (χ1n) is 12.1. The molecule has 1 saturated carbocycles. The normalized spacial score (nSPS) is 18.5. The van der Waals surface area contributed by atoms with E-state index in [1.165, 1.54) is 16.2 Å². The highest BCUT2D eigenvalue weighted by molar-refractivity contribution is 7.14. The number of oxime groups is 1. The highest BCUT2D eigenvalue weighted by atomic mass is 32.1. The van der Waals surface area contributed by atoms with Gasteiger partial charge < -0.3 is 26.5 Å². The van der Waals surface area contributed by atoms with Crippen LogP contribution in [0.2, 0.25) is 0 Å². The summed E-state index contributed by atoms with van der Waals surface area (Å²) >= 11 is 1.30. The zero-order chi connectivity index (χ0) is 26.3. The minimum Gasteiger partial charge on any atom is -0.409 e. The molecule has 2 aromatic rings. The van der Waals surface area contributed by atoms with Crippen LogP contribution in [0.5, 0.6) is 0 Å². The monoisotopic (exact) mass is 519 g/mol. The molecule has 2 aliphatic rings. The van der Waals surface area contributed by atoms with Gasteiger partial charge in [0.1, 0.15) is 11.6 Å². The third kappa shape index (κ3) is 6.19. The van der Waals surface area contributed by atoms with Gasteiger partial charge in [0, 0.05) is 22.9 Å². The first kappa shape index (κ1) is 26.0. The van der Waals surface area contributed by atoms with Crippen LogP contribution in [-0.2, 0) is 20.9 Å².